The molecular weight excluding hydrogens is 509 g/mol. The van der Waals surface area contributed by atoms with Gasteiger partial charge in [-0.3, -0.25) is 9.59 Å². The zero-order valence-electron chi connectivity index (χ0n) is 16.8. The maximum atomic E-state index is 12.6. The number of rotatable bonds is 5. The predicted octanol–water partition coefficient (Wildman–Crippen LogP) is 4.01. The number of benzene rings is 2. The van der Waals surface area contributed by atoms with Crippen LogP contribution in [0.1, 0.15) is 35.2 Å². The summed E-state index contributed by atoms with van der Waals surface area (Å²) < 4.78 is 4.90. The number of fused-ring (bicyclic) bond motifs is 1. The van der Waals surface area contributed by atoms with Crippen molar-refractivity contribution in [2.75, 3.05) is 19.7 Å². The Balaban J connectivity index is 1.66. The van der Waals surface area contributed by atoms with Crippen molar-refractivity contribution in [3.63, 3.8) is 0 Å². The molecule has 2 heterocycles. The number of halogens is 1. The van der Waals surface area contributed by atoms with E-state index < -0.39 is 0 Å². The Bertz CT molecular complexity index is 1090. The molecule has 2 aromatic carbocycles. The molecule has 0 aromatic heterocycles. The van der Waals surface area contributed by atoms with Crippen LogP contribution in [0.4, 0.5) is 5.69 Å². The molecule has 0 bridgehead atoms. The molecule has 0 saturated carbocycles. The van der Waals surface area contributed by atoms with Gasteiger partial charge in [-0.2, -0.15) is 0 Å². The van der Waals surface area contributed by atoms with E-state index in [0.29, 0.717) is 33.8 Å². The van der Waals surface area contributed by atoms with Crippen LogP contribution in [-0.4, -0.2) is 47.2 Å². The molecular formula is C23H22IN3O4. The molecule has 4 rings (SSSR count). The van der Waals surface area contributed by atoms with E-state index in [4.69, 9.17) is 8.80 Å². The molecule has 0 aliphatic carbocycles. The number of likely N-dealkylation sites (tertiary alicyclic amines) is 1. The maximum Gasteiger partial charge on any atom is 0.253 e. The van der Waals surface area contributed by atoms with Gasteiger partial charge in [0.1, 0.15) is 41.2 Å². The Kier molecular flexibility index (Phi) is 6.38. The highest BCUT2D eigenvalue weighted by Gasteiger charge is 2.21. The van der Waals surface area contributed by atoms with Crippen LogP contribution in [0, 0.1) is 0 Å². The summed E-state index contributed by atoms with van der Waals surface area (Å²) in [5.41, 5.74) is 9.65. The molecule has 7 nitrogen and oxygen atoms in total. The SMILES string of the molecule is NC1=Nc2cc(-c3ccc(C(=O)N4CCCC4)cc3)c(O)cc2C=C(C(=O)COI)C1. The van der Waals surface area contributed by atoms with Crippen LogP contribution in [0.3, 0.4) is 0 Å². The van der Waals surface area contributed by atoms with Crippen molar-refractivity contribution in [3.05, 3.63) is 53.1 Å². The molecule has 2 aliphatic heterocycles. The second-order valence-corrected chi connectivity index (χ2v) is 8.25. The molecule has 0 radical (unpaired) electrons. The van der Waals surface area contributed by atoms with Crippen LogP contribution in [-0.2, 0) is 7.86 Å². The molecule has 2 aliphatic rings. The third kappa shape index (κ3) is 4.64. The number of carbonyl (C=O) groups is 2. The molecule has 8 heteroatoms. The first kappa shape index (κ1) is 21.5. The van der Waals surface area contributed by atoms with E-state index in [9.17, 15) is 14.7 Å². The zero-order valence-corrected chi connectivity index (χ0v) is 19.0. The Labute approximate surface area is 194 Å². The van der Waals surface area contributed by atoms with Crippen molar-refractivity contribution in [1.29, 1.82) is 0 Å². The first-order valence-corrected chi connectivity index (χ1v) is 10.9. The fourth-order valence-corrected chi connectivity index (χ4v) is 4.16. The van der Waals surface area contributed by atoms with Gasteiger partial charge in [-0.15, -0.1) is 0 Å². The minimum Gasteiger partial charge on any atom is -0.507 e. The number of carbonyl (C=O) groups excluding carboxylic acids is 2. The van der Waals surface area contributed by atoms with Crippen LogP contribution in [0.25, 0.3) is 17.2 Å². The van der Waals surface area contributed by atoms with Gasteiger partial charge in [-0.05, 0) is 48.7 Å². The number of phenols is 1. The molecule has 160 valence electrons. The molecule has 31 heavy (non-hydrogen) atoms. The van der Waals surface area contributed by atoms with Crippen LogP contribution in [0.15, 0.2) is 47.0 Å². The summed E-state index contributed by atoms with van der Waals surface area (Å²) in [5.74, 6) is 0.226. The lowest BCUT2D eigenvalue weighted by molar-refractivity contribution is -0.116. The number of nitrogens with two attached hydrogens (primary N) is 1. The molecule has 0 atom stereocenters. The van der Waals surface area contributed by atoms with E-state index in [1.807, 2.05) is 17.0 Å². The smallest absolute Gasteiger partial charge is 0.253 e. The second-order valence-electron chi connectivity index (χ2n) is 7.63. The van der Waals surface area contributed by atoms with Gasteiger partial charge in [0.2, 0.25) is 0 Å². The first-order valence-electron chi connectivity index (χ1n) is 10.0. The van der Waals surface area contributed by atoms with Crippen LogP contribution >= 0.6 is 23.0 Å². The summed E-state index contributed by atoms with van der Waals surface area (Å²) in [4.78, 5) is 31.1. The summed E-state index contributed by atoms with van der Waals surface area (Å²) in [6, 6.07) is 10.5. The molecule has 1 saturated heterocycles. The largest absolute Gasteiger partial charge is 0.507 e. The predicted molar refractivity (Wildman–Crippen MR) is 128 cm³/mol. The monoisotopic (exact) mass is 531 g/mol. The van der Waals surface area contributed by atoms with E-state index in [-0.39, 0.29) is 30.5 Å². The Morgan fingerprint density at radius 1 is 1.16 bits per heavy atom. The van der Waals surface area contributed by atoms with Crippen molar-refractivity contribution >= 4 is 52.3 Å². The molecule has 0 unspecified atom stereocenters. The number of nitrogens with zero attached hydrogens (tertiary/aromatic N) is 2. The number of ketones is 1. The highest BCUT2D eigenvalue weighted by atomic mass is 127. The van der Waals surface area contributed by atoms with Crippen LogP contribution in [0.5, 0.6) is 5.75 Å². The Morgan fingerprint density at radius 3 is 2.55 bits per heavy atom. The number of aromatic hydroxyl groups is 1. The number of Topliss-reactive ketones (excluding diaryl/α,β-unsaturated/α-hetero) is 1. The summed E-state index contributed by atoms with van der Waals surface area (Å²) in [5, 5.41) is 10.7. The van der Waals surface area contributed by atoms with Gasteiger partial charge < -0.3 is 18.8 Å². The van der Waals surface area contributed by atoms with Crippen molar-refractivity contribution in [2.45, 2.75) is 19.3 Å². The van der Waals surface area contributed by atoms with E-state index in [1.54, 1.807) is 53.3 Å². The molecule has 3 N–H and O–H groups in total. The van der Waals surface area contributed by atoms with E-state index in [2.05, 4.69) is 4.99 Å². The summed E-state index contributed by atoms with van der Waals surface area (Å²) in [6.45, 7) is 1.54. The number of amides is 1. The lowest BCUT2D eigenvalue weighted by Crippen LogP contribution is -2.27. The Morgan fingerprint density at radius 2 is 1.87 bits per heavy atom. The van der Waals surface area contributed by atoms with E-state index >= 15 is 0 Å². The molecule has 0 spiro atoms. The van der Waals surface area contributed by atoms with Gasteiger partial charge in [0, 0.05) is 41.8 Å². The maximum absolute atomic E-state index is 12.6. The number of hydrogen-bond acceptors (Lipinski definition) is 6. The van der Waals surface area contributed by atoms with Crippen LogP contribution in [0.2, 0.25) is 0 Å². The highest BCUT2D eigenvalue weighted by Crippen LogP contribution is 2.38. The van der Waals surface area contributed by atoms with E-state index in [1.165, 1.54) is 0 Å². The second kappa shape index (κ2) is 9.19. The third-order valence-corrected chi connectivity index (χ3v) is 5.80. The van der Waals surface area contributed by atoms with Crippen molar-refractivity contribution < 1.29 is 17.8 Å². The van der Waals surface area contributed by atoms with Gasteiger partial charge in [-0.1, -0.05) is 12.1 Å². The summed E-state index contributed by atoms with van der Waals surface area (Å²) in [7, 11) is 0. The summed E-state index contributed by atoms with van der Waals surface area (Å²) >= 11 is 1.67. The normalized spacial score (nSPS) is 15.7. The third-order valence-electron chi connectivity index (χ3n) is 5.49. The lowest BCUT2D eigenvalue weighted by Gasteiger charge is -2.15. The van der Waals surface area contributed by atoms with Crippen molar-refractivity contribution in [2.24, 2.45) is 10.7 Å². The zero-order chi connectivity index (χ0) is 22.0. The number of amidine groups is 1. The fraction of sp³-hybridized carbons (Fsp3) is 0.261. The van der Waals surface area contributed by atoms with Gasteiger partial charge >= 0.3 is 0 Å². The highest BCUT2D eigenvalue weighted by molar-refractivity contribution is 14.1. The van der Waals surface area contributed by atoms with Gasteiger partial charge in [-0.25, -0.2) is 4.99 Å². The quantitative estimate of drug-likeness (QED) is 0.568. The van der Waals surface area contributed by atoms with Crippen molar-refractivity contribution in [3.8, 4) is 16.9 Å². The summed E-state index contributed by atoms with van der Waals surface area (Å²) in [6.07, 6.45) is 4.00. The Hall–Kier alpha value is -2.72. The van der Waals surface area contributed by atoms with Gasteiger partial charge in [0.25, 0.3) is 5.91 Å². The molecule has 1 fully saturated rings. The topological polar surface area (TPSA) is 105 Å². The van der Waals surface area contributed by atoms with E-state index in [0.717, 1.165) is 31.5 Å². The minimum atomic E-state index is -0.178. The fourth-order valence-electron chi connectivity index (χ4n) is 3.88. The van der Waals surface area contributed by atoms with Crippen LogP contribution < -0.4 is 5.73 Å². The number of phenolic OH excluding ortho intramolecular Hbond substituents is 1. The van der Waals surface area contributed by atoms with Crippen molar-refractivity contribution in [1.82, 2.24) is 4.90 Å². The minimum absolute atomic E-state index is 0.0328. The standard InChI is InChI=1S/C23H22IN3O4/c24-31-13-21(29)17-9-16-10-20(28)18(12-19(16)26-22(25)11-17)14-3-5-15(6-4-14)23(30)27-7-1-2-8-27/h3-6,9-10,12,28H,1-2,7-8,11,13H2,(H2,25,26). The molecule has 2 aromatic rings. The first-order chi connectivity index (χ1) is 15.0. The number of hydrogen-bond donors (Lipinski definition) is 2. The lowest BCUT2D eigenvalue weighted by atomic mass is 9.98. The van der Waals surface area contributed by atoms with Gasteiger partial charge in [0.05, 0.1) is 5.69 Å². The van der Waals surface area contributed by atoms with Gasteiger partial charge in [0.15, 0.2) is 5.78 Å². The average Bonchev–Trinajstić information content (AvgIpc) is 3.24. The average molecular weight is 531 g/mol. The molecule has 1 amide bonds. The number of aliphatic imine (C=N–C) groups is 1.